The summed E-state index contributed by atoms with van der Waals surface area (Å²) in [5, 5.41) is 1.09. The van der Waals surface area contributed by atoms with Crippen molar-refractivity contribution >= 4 is 27.2 Å². The van der Waals surface area contributed by atoms with Crippen LogP contribution < -0.4 is 5.43 Å². The Balaban J connectivity index is 2.70. The first-order chi connectivity index (χ1) is 7.91. The second-order valence-electron chi connectivity index (χ2n) is 3.30. The number of rotatable bonds is 1. The van der Waals surface area contributed by atoms with Gasteiger partial charge in [-0.15, -0.1) is 11.3 Å². The lowest BCUT2D eigenvalue weighted by molar-refractivity contribution is -0.0885. The minimum atomic E-state index is -5.02. The van der Waals surface area contributed by atoms with Crippen LogP contribution in [0.4, 0.5) is 13.2 Å². The first-order valence-electron chi connectivity index (χ1n) is 4.53. The van der Waals surface area contributed by atoms with E-state index < -0.39 is 23.0 Å². The average molecular weight is 258 g/mol. The molecular formula is C11H5F3O2S. The maximum absolute atomic E-state index is 12.2. The predicted molar refractivity (Wildman–Crippen MR) is 58.5 cm³/mol. The zero-order valence-electron chi connectivity index (χ0n) is 8.25. The molecule has 1 aromatic carbocycles. The quantitative estimate of drug-likeness (QED) is 0.737. The second kappa shape index (κ2) is 3.96. The van der Waals surface area contributed by atoms with E-state index in [0.717, 1.165) is 16.7 Å². The van der Waals surface area contributed by atoms with Crippen LogP contribution in [-0.2, 0) is 0 Å². The standard InChI is InChI=1S/C11H5F3O2S/c12-11(13,14)10(16)7-5-17-8-4-2-1-3-6(8)9(7)15/h1-5H. The summed E-state index contributed by atoms with van der Waals surface area (Å²) in [5.74, 6) is -2.09. The summed E-state index contributed by atoms with van der Waals surface area (Å²) in [4.78, 5) is 22.7. The first-order valence-corrected chi connectivity index (χ1v) is 5.41. The molecule has 0 aliphatic carbocycles. The molecule has 2 nitrogen and oxygen atoms in total. The SMILES string of the molecule is O=C(c1csc2ccccc2c1=O)C(F)(F)F. The Hall–Kier alpha value is -1.69. The first kappa shape index (κ1) is 11.8. The van der Waals surface area contributed by atoms with Crippen molar-refractivity contribution in [2.45, 2.75) is 6.18 Å². The van der Waals surface area contributed by atoms with Crippen molar-refractivity contribution in [3.63, 3.8) is 0 Å². The summed E-state index contributed by atoms with van der Waals surface area (Å²) < 4.78 is 37.2. The molecule has 0 radical (unpaired) electrons. The molecule has 1 aromatic heterocycles. The Morgan fingerprint density at radius 1 is 1.18 bits per heavy atom. The number of carbonyl (C=O) groups is 1. The summed E-state index contributed by atoms with van der Waals surface area (Å²) in [6.07, 6.45) is -5.02. The Labute approximate surface area is 97.3 Å². The molecule has 0 amide bonds. The van der Waals surface area contributed by atoms with E-state index in [1.54, 1.807) is 12.1 Å². The summed E-state index contributed by atoms with van der Waals surface area (Å²) in [6.45, 7) is 0. The lowest BCUT2D eigenvalue weighted by Crippen LogP contribution is -2.27. The Morgan fingerprint density at radius 3 is 2.47 bits per heavy atom. The zero-order valence-corrected chi connectivity index (χ0v) is 9.06. The van der Waals surface area contributed by atoms with Gasteiger partial charge in [0.05, 0.1) is 5.56 Å². The summed E-state index contributed by atoms with van der Waals surface area (Å²) >= 11 is 0.941. The van der Waals surface area contributed by atoms with Crippen LogP contribution in [0, 0.1) is 0 Å². The largest absolute Gasteiger partial charge is 0.455 e. The van der Waals surface area contributed by atoms with Crippen molar-refractivity contribution in [3.8, 4) is 0 Å². The topological polar surface area (TPSA) is 34.1 Å². The van der Waals surface area contributed by atoms with E-state index >= 15 is 0 Å². The van der Waals surface area contributed by atoms with Gasteiger partial charge in [-0.25, -0.2) is 0 Å². The van der Waals surface area contributed by atoms with Crippen LogP contribution >= 0.6 is 11.3 Å². The monoisotopic (exact) mass is 258 g/mol. The van der Waals surface area contributed by atoms with Gasteiger partial charge in [0.1, 0.15) is 0 Å². The fourth-order valence-electron chi connectivity index (χ4n) is 1.39. The van der Waals surface area contributed by atoms with Gasteiger partial charge in [0.25, 0.3) is 5.78 Å². The van der Waals surface area contributed by atoms with Gasteiger partial charge < -0.3 is 0 Å². The van der Waals surface area contributed by atoms with Gasteiger partial charge >= 0.3 is 6.18 Å². The Bertz CT molecular complexity index is 643. The molecule has 0 bridgehead atoms. The Morgan fingerprint density at radius 2 is 1.82 bits per heavy atom. The fourth-order valence-corrected chi connectivity index (χ4v) is 2.29. The van der Waals surface area contributed by atoms with Crippen molar-refractivity contribution < 1.29 is 18.0 Å². The molecule has 0 fully saturated rings. The van der Waals surface area contributed by atoms with Crippen LogP contribution in [0.5, 0.6) is 0 Å². The minimum absolute atomic E-state index is 0.132. The normalized spacial score (nSPS) is 11.7. The van der Waals surface area contributed by atoms with Gasteiger partial charge in [0, 0.05) is 15.5 Å². The fraction of sp³-hybridized carbons (Fsp3) is 0.0909. The number of Topliss-reactive ketones (excluding diaryl/α,β-unsaturated/α-hetero) is 1. The highest BCUT2D eigenvalue weighted by Crippen LogP contribution is 2.23. The second-order valence-corrected chi connectivity index (χ2v) is 4.21. The molecular weight excluding hydrogens is 253 g/mol. The average Bonchev–Trinajstić information content (AvgIpc) is 2.28. The maximum atomic E-state index is 12.2. The van der Waals surface area contributed by atoms with E-state index in [1.165, 1.54) is 12.1 Å². The van der Waals surface area contributed by atoms with E-state index in [4.69, 9.17) is 0 Å². The number of hydrogen-bond acceptors (Lipinski definition) is 3. The molecule has 1 heterocycles. The van der Waals surface area contributed by atoms with Crippen molar-refractivity contribution in [3.05, 3.63) is 45.4 Å². The number of carbonyl (C=O) groups excluding carboxylic acids is 1. The van der Waals surface area contributed by atoms with Gasteiger partial charge in [-0.1, -0.05) is 12.1 Å². The molecule has 17 heavy (non-hydrogen) atoms. The van der Waals surface area contributed by atoms with Crippen molar-refractivity contribution in [2.24, 2.45) is 0 Å². The number of alkyl halides is 3. The molecule has 6 heteroatoms. The van der Waals surface area contributed by atoms with Crippen molar-refractivity contribution in [1.29, 1.82) is 0 Å². The highest BCUT2D eigenvalue weighted by atomic mass is 32.1. The van der Waals surface area contributed by atoms with Gasteiger partial charge in [-0.2, -0.15) is 13.2 Å². The van der Waals surface area contributed by atoms with E-state index in [-0.39, 0.29) is 5.39 Å². The molecule has 0 saturated heterocycles. The van der Waals surface area contributed by atoms with E-state index in [9.17, 15) is 22.8 Å². The Kier molecular flexibility index (Phi) is 2.74. The molecule has 0 aliphatic rings. The zero-order chi connectivity index (χ0) is 12.6. The van der Waals surface area contributed by atoms with Gasteiger partial charge in [0.15, 0.2) is 5.43 Å². The predicted octanol–water partition coefficient (Wildman–Crippen LogP) is 3.01. The molecule has 0 atom stereocenters. The van der Waals surface area contributed by atoms with E-state index in [1.807, 2.05) is 0 Å². The molecule has 0 saturated carbocycles. The summed E-state index contributed by atoms with van der Waals surface area (Å²) in [7, 11) is 0. The van der Waals surface area contributed by atoms with Crippen LogP contribution in [0.2, 0.25) is 0 Å². The molecule has 88 valence electrons. The van der Waals surface area contributed by atoms with Crippen LogP contribution in [0.25, 0.3) is 10.1 Å². The highest BCUT2D eigenvalue weighted by Gasteiger charge is 2.40. The van der Waals surface area contributed by atoms with Crippen molar-refractivity contribution in [2.75, 3.05) is 0 Å². The smallest absolute Gasteiger partial charge is 0.288 e. The lowest BCUT2D eigenvalue weighted by Gasteiger charge is -2.04. The maximum Gasteiger partial charge on any atom is 0.455 e. The third-order valence-electron chi connectivity index (χ3n) is 2.18. The van der Waals surface area contributed by atoms with Crippen LogP contribution in [0.15, 0.2) is 34.4 Å². The molecule has 0 unspecified atom stereocenters. The summed E-state index contributed by atoms with van der Waals surface area (Å²) in [6, 6.07) is 6.23. The third-order valence-corrected chi connectivity index (χ3v) is 3.15. The number of fused-ring (bicyclic) bond motifs is 1. The highest BCUT2D eigenvalue weighted by molar-refractivity contribution is 7.16. The number of benzene rings is 1. The van der Waals surface area contributed by atoms with E-state index in [2.05, 4.69) is 0 Å². The molecule has 0 N–H and O–H groups in total. The summed E-state index contributed by atoms with van der Waals surface area (Å²) in [5.41, 5.74) is -1.69. The van der Waals surface area contributed by atoms with E-state index in [0.29, 0.717) is 4.70 Å². The van der Waals surface area contributed by atoms with Crippen LogP contribution in [0.3, 0.4) is 0 Å². The minimum Gasteiger partial charge on any atom is -0.288 e. The van der Waals surface area contributed by atoms with Crippen LogP contribution in [-0.4, -0.2) is 12.0 Å². The number of hydrogen-bond donors (Lipinski definition) is 0. The van der Waals surface area contributed by atoms with Crippen molar-refractivity contribution in [1.82, 2.24) is 0 Å². The third kappa shape index (κ3) is 2.08. The van der Waals surface area contributed by atoms with Gasteiger partial charge in [-0.3, -0.25) is 9.59 Å². The molecule has 2 rings (SSSR count). The number of ketones is 1. The van der Waals surface area contributed by atoms with Gasteiger partial charge in [-0.05, 0) is 12.1 Å². The van der Waals surface area contributed by atoms with Gasteiger partial charge in [0.2, 0.25) is 0 Å². The number of halogens is 3. The van der Waals surface area contributed by atoms with Crippen LogP contribution in [0.1, 0.15) is 10.4 Å². The molecule has 2 aromatic rings. The molecule has 0 spiro atoms. The molecule has 0 aliphatic heterocycles. The lowest BCUT2D eigenvalue weighted by atomic mass is 10.1.